The van der Waals surface area contributed by atoms with E-state index >= 15 is 0 Å². The highest BCUT2D eigenvalue weighted by Crippen LogP contribution is 2.44. The van der Waals surface area contributed by atoms with Crippen LogP contribution in [0.4, 0.5) is 45.5 Å². The fourth-order valence-electron chi connectivity index (χ4n) is 13.4. The lowest BCUT2D eigenvalue weighted by atomic mass is 10.0. The van der Waals surface area contributed by atoms with Crippen molar-refractivity contribution in [3.63, 3.8) is 0 Å². The van der Waals surface area contributed by atoms with Gasteiger partial charge in [0.15, 0.2) is 0 Å². The molecular formula is C92H64N4S4. The number of rotatable bonds is 10. The first kappa shape index (κ1) is 61.7. The molecule has 0 saturated heterocycles. The Morgan fingerprint density at radius 2 is 0.560 bits per heavy atom. The van der Waals surface area contributed by atoms with Gasteiger partial charge in [-0.25, -0.2) is 0 Å². The van der Waals surface area contributed by atoms with E-state index in [4.69, 9.17) is 0 Å². The molecule has 0 aliphatic carbocycles. The minimum atomic E-state index is 1.10. The summed E-state index contributed by atoms with van der Waals surface area (Å²) in [7, 11) is 0. The van der Waals surface area contributed by atoms with Gasteiger partial charge >= 0.3 is 0 Å². The van der Waals surface area contributed by atoms with Crippen molar-refractivity contribution >= 4 is 193 Å². The quantitative estimate of drug-likeness (QED) is 0.110. The molecule has 0 radical (unpaired) electrons. The first-order valence-corrected chi connectivity index (χ1v) is 36.8. The van der Waals surface area contributed by atoms with E-state index in [1.165, 1.54) is 124 Å². The van der Waals surface area contributed by atoms with Gasteiger partial charge in [0.05, 0.1) is 0 Å². The lowest BCUT2D eigenvalue weighted by molar-refractivity contribution is 1.54. The van der Waals surface area contributed by atoms with Gasteiger partial charge in [-0.15, -0.1) is 45.3 Å². The van der Waals surface area contributed by atoms with Crippen LogP contribution in [0, 0.1) is 0 Å². The second kappa shape index (κ2) is 27.9. The summed E-state index contributed by atoms with van der Waals surface area (Å²) < 4.78 is 10.8. The molecule has 0 amide bonds. The van der Waals surface area contributed by atoms with Gasteiger partial charge in [0, 0.05) is 126 Å². The van der Waals surface area contributed by atoms with Crippen molar-refractivity contribution in [1.29, 1.82) is 0 Å². The Morgan fingerprint density at radius 1 is 0.170 bits per heavy atom. The maximum Gasteiger partial charge on any atom is 0.0433 e. The SMILES string of the molecule is c1ccc(Nc2ccc3c(c2)sc2ccc4ccccc4c23)cc1.c1ccc(Nc2ccc3sc4c5ccccc5ccc4c3c2)cc1.c1ccc(Nc2cccc(-c3ccc4sc5ccccc5c4c3)c2)cc1.c1ccc(Nc2cccc(-c3cccc4c3sc3ccccc34)c2)cc1. The van der Waals surface area contributed by atoms with Gasteiger partial charge in [-0.2, -0.15) is 0 Å². The Bertz CT molecular complexity index is 6290. The molecule has 0 bridgehead atoms. The first-order valence-electron chi connectivity index (χ1n) is 33.5. The first-order chi connectivity index (χ1) is 49.5. The zero-order valence-electron chi connectivity index (χ0n) is 54.3. The van der Waals surface area contributed by atoms with Crippen molar-refractivity contribution in [3.05, 3.63) is 364 Å². The van der Waals surface area contributed by atoms with Crippen LogP contribution in [0.15, 0.2) is 364 Å². The van der Waals surface area contributed by atoms with Crippen LogP contribution in [0.2, 0.25) is 0 Å². The molecule has 16 aromatic carbocycles. The van der Waals surface area contributed by atoms with Crippen LogP contribution in [-0.2, 0) is 0 Å². The van der Waals surface area contributed by atoms with Crippen molar-refractivity contribution in [1.82, 2.24) is 0 Å². The van der Waals surface area contributed by atoms with Crippen LogP contribution in [0.3, 0.4) is 0 Å². The van der Waals surface area contributed by atoms with E-state index in [1.807, 2.05) is 118 Å². The predicted molar refractivity (Wildman–Crippen MR) is 442 cm³/mol. The summed E-state index contributed by atoms with van der Waals surface area (Å²) in [5.41, 5.74) is 13.9. The summed E-state index contributed by atoms with van der Waals surface area (Å²) >= 11 is 7.47. The Balaban J connectivity index is 0.0000000997. The number of thiophene rings is 4. The van der Waals surface area contributed by atoms with Gasteiger partial charge < -0.3 is 21.3 Å². The smallest absolute Gasteiger partial charge is 0.0433 e. The fourth-order valence-corrected chi connectivity index (χ4v) is 18.1. The van der Waals surface area contributed by atoms with E-state index < -0.39 is 0 Å². The molecule has 0 unspecified atom stereocenters. The van der Waals surface area contributed by atoms with Gasteiger partial charge in [0.2, 0.25) is 0 Å². The summed E-state index contributed by atoms with van der Waals surface area (Å²) in [6.07, 6.45) is 0. The third-order valence-electron chi connectivity index (χ3n) is 18.1. The van der Waals surface area contributed by atoms with Gasteiger partial charge in [-0.1, -0.05) is 231 Å². The second-order valence-electron chi connectivity index (χ2n) is 24.7. The van der Waals surface area contributed by atoms with Crippen LogP contribution in [0.5, 0.6) is 0 Å². The largest absolute Gasteiger partial charge is 0.356 e. The van der Waals surface area contributed by atoms with E-state index in [1.54, 1.807) is 0 Å². The average molecular weight is 1350 g/mol. The summed E-state index contributed by atoms with van der Waals surface area (Å²) in [6, 6.07) is 129. The lowest BCUT2D eigenvalue weighted by Crippen LogP contribution is -1.90. The molecule has 8 heteroatoms. The molecular weight excluding hydrogens is 1290 g/mol. The minimum absolute atomic E-state index is 1.10. The summed E-state index contributed by atoms with van der Waals surface area (Å²) in [4.78, 5) is 0. The third kappa shape index (κ3) is 13.0. The molecule has 476 valence electrons. The Hall–Kier alpha value is -11.9. The molecule has 4 aromatic heterocycles. The van der Waals surface area contributed by atoms with Crippen LogP contribution < -0.4 is 21.3 Å². The molecule has 20 aromatic rings. The molecule has 4 nitrogen and oxygen atoms in total. The van der Waals surface area contributed by atoms with Crippen molar-refractivity contribution in [2.24, 2.45) is 0 Å². The number of benzene rings is 16. The van der Waals surface area contributed by atoms with Gasteiger partial charge in [0.25, 0.3) is 0 Å². The predicted octanol–water partition coefficient (Wildman–Crippen LogP) is 28.8. The number of para-hydroxylation sites is 4. The maximum absolute atomic E-state index is 3.49. The van der Waals surface area contributed by atoms with Crippen LogP contribution >= 0.6 is 45.3 Å². The number of anilines is 8. The highest BCUT2D eigenvalue weighted by Gasteiger charge is 2.14. The van der Waals surface area contributed by atoms with Crippen LogP contribution in [0.1, 0.15) is 0 Å². The Morgan fingerprint density at radius 3 is 1.22 bits per heavy atom. The molecule has 4 N–H and O–H groups in total. The molecule has 0 spiro atoms. The number of hydrogen-bond donors (Lipinski definition) is 4. The van der Waals surface area contributed by atoms with Gasteiger partial charge in [0.1, 0.15) is 0 Å². The van der Waals surface area contributed by atoms with Crippen molar-refractivity contribution in [3.8, 4) is 22.3 Å². The highest BCUT2D eigenvalue weighted by molar-refractivity contribution is 7.27. The number of nitrogens with one attached hydrogen (secondary N) is 4. The Labute approximate surface area is 596 Å². The second-order valence-corrected chi connectivity index (χ2v) is 28.9. The van der Waals surface area contributed by atoms with Crippen LogP contribution in [-0.4, -0.2) is 0 Å². The average Bonchev–Trinajstić information content (AvgIpc) is 1.60. The molecule has 4 heterocycles. The molecule has 0 saturated carbocycles. The molecule has 0 fully saturated rings. The van der Waals surface area contributed by atoms with E-state index in [9.17, 15) is 0 Å². The van der Waals surface area contributed by atoms with Crippen molar-refractivity contribution < 1.29 is 0 Å². The number of fused-ring (bicyclic) bond motifs is 16. The van der Waals surface area contributed by atoms with E-state index in [2.05, 4.69) is 312 Å². The van der Waals surface area contributed by atoms with Crippen LogP contribution in [0.25, 0.3) is 124 Å². The molecule has 100 heavy (non-hydrogen) atoms. The summed E-state index contributed by atoms with van der Waals surface area (Å²) in [6.45, 7) is 0. The molecule has 0 atom stereocenters. The molecule has 0 aliphatic heterocycles. The lowest BCUT2D eigenvalue weighted by Gasteiger charge is -2.09. The minimum Gasteiger partial charge on any atom is -0.356 e. The highest BCUT2D eigenvalue weighted by atomic mass is 32.1. The van der Waals surface area contributed by atoms with Gasteiger partial charge in [-0.05, 0) is 177 Å². The standard InChI is InChI=1S/2C24H17NS.2C22H15NS/c1-2-9-18(10-3-1)25-19-11-6-8-17(16-19)20-13-7-14-22-21-12-4-5-15-23(21)26-24(20)22;1-2-8-19(9-3-1)25-20-10-6-7-17(15-20)18-13-14-24-22(16-18)21-11-4-5-12-23(21)26-24;1-2-7-16(8-3-1)23-17-11-12-19-21(14-17)24-20-13-10-15-6-4-5-9-18(15)22(19)20;1-2-7-16(8-3-1)23-17-11-13-21-20(14-17)19-12-10-15-6-4-5-9-18(15)22(19)24-21/h2*1-16,25H;2*1-14,23H. The maximum atomic E-state index is 3.49. The summed E-state index contributed by atoms with van der Waals surface area (Å²) in [5, 5.41) is 30.0. The van der Waals surface area contributed by atoms with Gasteiger partial charge in [-0.3, -0.25) is 0 Å². The molecule has 20 rings (SSSR count). The van der Waals surface area contributed by atoms with E-state index in [0.717, 1.165) is 45.5 Å². The topological polar surface area (TPSA) is 48.1 Å². The van der Waals surface area contributed by atoms with E-state index in [-0.39, 0.29) is 0 Å². The van der Waals surface area contributed by atoms with E-state index in [0.29, 0.717) is 0 Å². The van der Waals surface area contributed by atoms with Crippen molar-refractivity contribution in [2.45, 2.75) is 0 Å². The zero-order valence-corrected chi connectivity index (χ0v) is 57.5. The zero-order chi connectivity index (χ0) is 66.6. The fraction of sp³-hybridized carbons (Fsp3) is 0. The monoisotopic (exact) mass is 1350 g/mol. The molecule has 0 aliphatic rings. The third-order valence-corrected chi connectivity index (χ3v) is 22.8. The Kier molecular flexibility index (Phi) is 17.2. The van der Waals surface area contributed by atoms with Crippen molar-refractivity contribution in [2.75, 3.05) is 21.3 Å². The summed E-state index contributed by atoms with van der Waals surface area (Å²) in [5.74, 6) is 0. The normalized spacial score (nSPS) is 11.2. The number of hydrogen-bond acceptors (Lipinski definition) is 8.